The van der Waals surface area contributed by atoms with E-state index < -0.39 is 12.8 Å². The summed E-state index contributed by atoms with van der Waals surface area (Å²) < 4.78 is 43.2. The smallest absolute Gasteiger partial charge is 0.394 e. The molecule has 0 heterocycles. The normalized spacial score (nSPS) is 14.2. The minimum absolute atomic E-state index is 0.0612. The molecule has 0 saturated heterocycles. The van der Waals surface area contributed by atoms with E-state index in [-0.39, 0.29) is 12.4 Å². The zero-order valence-electron chi connectivity index (χ0n) is 21.7. The second-order valence-corrected chi connectivity index (χ2v) is 8.22. The van der Waals surface area contributed by atoms with Crippen LogP contribution in [0.3, 0.4) is 0 Å². The highest BCUT2D eigenvalue weighted by Crippen LogP contribution is 2.28. The van der Waals surface area contributed by atoms with Crippen LogP contribution in [-0.2, 0) is 0 Å². The second kappa shape index (κ2) is 17.4. The molecule has 0 fully saturated rings. The van der Waals surface area contributed by atoms with Crippen molar-refractivity contribution in [2.75, 3.05) is 25.1 Å². The largest absolute Gasteiger partial charge is 0.433 e. The highest BCUT2D eigenvalue weighted by atomic mass is 19.3. The van der Waals surface area contributed by atoms with Crippen LogP contribution < -0.4 is 10.1 Å². The molecule has 0 radical (unpaired) electrons. The van der Waals surface area contributed by atoms with Gasteiger partial charge < -0.3 is 15.2 Å². The van der Waals surface area contributed by atoms with Crippen LogP contribution in [0.15, 0.2) is 88.1 Å². The summed E-state index contributed by atoms with van der Waals surface area (Å²) in [5, 5.41) is 13.6. The SMILES string of the molecule is CCC/C=C/C=C(CO)\C(C(=C/CCC)\CN=C/C=C/CF)=C(/C)Nc1ccc(OC(C)(F)F)cc1. The Balaban J connectivity index is 3.44. The quantitative estimate of drug-likeness (QED) is 0.177. The molecule has 0 atom stereocenters. The third kappa shape index (κ3) is 12.6. The van der Waals surface area contributed by atoms with Crippen LogP contribution in [0.1, 0.15) is 53.4 Å². The lowest BCUT2D eigenvalue weighted by Crippen LogP contribution is -2.19. The second-order valence-electron chi connectivity index (χ2n) is 8.22. The Morgan fingerprint density at radius 2 is 1.75 bits per heavy atom. The Hall–Kier alpha value is -3.06. The molecular formula is C29H39F3N2O2. The van der Waals surface area contributed by atoms with Gasteiger partial charge in [0, 0.05) is 30.1 Å². The van der Waals surface area contributed by atoms with E-state index in [2.05, 4.69) is 35.0 Å². The van der Waals surface area contributed by atoms with E-state index in [0.717, 1.165) is 48.1 Å². The number of rotatable bonds is 16. The van der Waals surface area contributed by atoms with Gasteiger partial charge in [-0.3, -0.25) is 4.99 Å². The number of nitrogens with one attached hydrogen (secondary N) is 1. The van der Waals surface area contributed by atoms with Gasteiger partial charge in [-0.25, -0.2) is 4.39 Å². The van der Waals surface area contributed by atoms with Gasteiger partial charge in [0.1, 0.15) is 12.4 Å². The Morgan fingerprint density at radius 1 is 1.06 bits per heavy atom. The van der Waals surface area contributed by atoms with Crippen LogP contribution in [-0.4, -0.2) is 37.3 Å². The fourth-order valence-corrected chi connectivity index (χ4v) is 3.33. The summed E-state index contributed by atoms with van der Waals surface area (Å²) in [5.74, 6) is 0.0612. The van der Waals surface area contributed by atoms with E-state index in [1.54, 1.807) is 24.4 Å². The first-order chi connectivity index (χ1) is 17.3. The maximum Gasteiger partial charge on any atom is 0.394 e. The molecule has 0 aliphatic rings. The van der Waals surface area contributed by atoms with E-state index >= 15 is 0 Å². The van der Waals surface area contributed by atoms with E-state index in [1.807, 2.05) is 25.2 Å². The van der Waals surface area contributed by atoms with E-state index in [4.69, 9.17) is 0 Å². The highest BCUT2D eigenvalue weighted by Gasteiger charge is 2.23. The third-order valence-corrected chi connectivity index (χ3v) is 4.92. The molecule has 0 spiro atoms. The number of allylic oxidation sites excluding steroid dienone is 7. The van der Waals surface area contributed by atoms with E-state index in [0.29, 0.717) is 19.2 Å². The van der Waals surface area contributed by atoms with Crippen LogP contribution >= 0.6 is 0 Å². The van der Waals surface area contributed by atoms with E-state index in [9.17, 15) is 18.3 Å². The zero-order valence-corrected chi connectivity index (χ0v) is 21.7. The molecule has 0 saturated carbocycles. The number of benzene rings is 1. The predicted molar refractivity (Wildman–Crippen MR) is 145 cm³/mol. The van der Waals surface area contributed by atoms with Gasteiger partial charge in [-0.1, -0.05) is 57.1 Å². The first kappa shape index (κ1) is 31.0. The van der Waals surface area contributed by atoms with Gasteiger partial charge in [0.15, 0.2) is 0 Å². The number of unbranched alkanes of at least 4 members (excludes halogenated alkanes) is 2. The van der Waals surface area contributed by atoms with Crippen molar-refractivity contribution in [3.05, 3.63) is 83.1 Å². The highest BCUT2D eigenvalue weighted by molar-refractivity contribution is 5.71. The van der Waals surface area contributed by atoms with E-state index in [1.165, 1.54) is 18.2 Å². The number of alkyl halides is 3. The lowest BCUT2D eigenvalue weighted by atomic mass is 9.94. The maximum absolute atomic E-state index is 13.1. The van der Waals surface area contributed by atoms with Gasteiger partial charge >= 0.3 is 6.11 Å². The molecule has 0 unspecified atom stereocenters. The topological polar surface area (TPSA) is 53.9 Å². The monoisotopic (exact) mass is 504 g/mol. The summed E-state index contributed by atoms with van der Waals surface area (Å²) in [6, 6.07) is 6.25. The summed E-state index contributed by atoms with van der Waals surface area (Å²) in [4.78, 5) is 4.42. The number of hydrogen-bond donors (Lipinski definition) is 2. The molecule has 4 nitrogen and oxygen atoms in total. The molecule has 1 aromatic carbocycles. The fraction of sp³-hybridized carbons (Fsp3) is 0.414. The molecule has 7 heteroatoms. The minimum Gasteiger partial charge on any atom is -0.433 e. The first-order valence-electron chi connectivity index (χ1n) is 12.3. The molecular weight excluding hydrogens is 465 g/mol. The fourth-order valence-electron chi connectivity index (χ4n) is 3.33. The number of aliphatic hydroxyl groups excluding tert-OH is 1. The van der Waals surface area contributed by atoms with Crippen molar-refractivity contribution in [1.82, 2.24) is 0 Å². The third-order valence-electron chi connectivity index (χ3n) is 4.92. The Kier molecular flexibility index (Phi) is 15.0. The van der Waals surface area contributed by atoms with Crippen molar-refractivity contribution in [2.45, 2.75) is 59.5 Å². The van der Waals surface area contributed by atoms with Crippen molar-refractivity contribution < 1.29 is 23.0 Å². The molecule has 198 valence electrons. The molecule has 36 heavy (non-hydrogen) atoms. The summed E-state index contributed by atoms with van der Waals surface area (Å²) >= 11 is 0. The molecule has 2 N–H and O–H groups in total. The Morgan fingerprint density at radius 3 is 2.33 bits per heavy atom. The van der Waals surface area contributed by atoms with Crippen molar-refractivity contribution in [3.8, 4) is 5.75 Å². The summed E-state index contributed by atoms with van der Waals surface area (Å²) in [6.45, 7) is 6.37. The molecule has 0 aliphatic heterocycles. The average molecular weight is 505 g/mol. The van der Waals surface area contributed by atoms with Crippen LogP contribution in [0.5, 0.6) is 5.75 Å². The van der Waals surface area contributed by atoms with Gasteiger partial charge in [-0.15, -0.1) is 0 Å². The lowest BCUT2D eigenvalue weighted by molar-refractivity contribution is -0.158. The zero-order chi connectivity index (χ0) is 26.8. The summed E-state index contributed by atoms with van der Waals surface area (Å²) in [5.41, 5.74) is 3.90. The summed E-state index contributed by atoms with van der Waals surface area (Å²) in [6.07, 6.45) is 12.9. The van der Waals surface area contributed by atoms with Crippen molar-refractivity contribution in [2.24, 2.45) is 4.99 Å². The van der Waals surface area contributed by atoms with Gasteiger partial charge in [0.05, 0.1) is 13.2 Å². The predicted octanol–water partition coefficient (Wildman–Crippen LogP) is 7.96. The number of ether oxygens (including phenoxy) is 1. The average Bonchev–Trinajstić information content (AvgIpc) is 2.83. The minimum atomic E-state index is -3.26. The van der Waals surface area contributed by atoms with Gasteiger partial charge in [0.25, 0.3) is 0 Å². The van der Waals surface area contributed by atoms with Gasteiger partial charge in [-0.05, 0) is 61.3 Å². The number of halogens is 3. The molecule has 0 amide bonds. The standard InChI is InChI=1S/C29H39F3N2O2/c1-5-7-9-10-14-25(22-35)28(24(13-8-6-2)21-33-20-12-11-19-30)23(3)34-26-15-17-27(18-16-26)36-29(4,31)32/h9-18,20,34-35H,5-8,19,21-22H2,1-4H3/b10-9+,12-11+,24-13-,25-14-,28-23+,33-20?. The van der Waals surface area contributed by atoms with Crippen LogP contribution in [0.25, 0.3) is 0 Å². The number of hydrogen-bond acceptors (Lipinski definition) is 4. The maximum atomic E-state index is 13.1. The number of aliphatic imine (C=N–C) groups is 1. The molecule has 1 rings (SSSR count). The van der Waals surface area contributed by atoms with Crippen LogP contribution in [0, 0.1) is 0 Å². The molecule has 0 aliphatic carbocycles. The van der Waals surface area contributed by atoms with Crippen molar-refractivity contribution in [3.63, 3.8) is 0 Å². The number of aliphatic hydroxyl groups is 1. The van der Waals surface area contributed by atoms with Crippen molar-refractivity contribution in [1.29, 1.82) is 0 Å². The van der Waals surface area contributed by atoms with Gasteiger partial charge in [0.2, 0.25) is 0 Å². The number of anilines is 1. The first-order valence-corrected chi connectivity index (χ1v) is 12.3. The Bertz CT molecular complexity index is 954. The van der Waals surface area contributed by atoms with Gasteiger partial charge in [-0.2, -0.15) is 8.78 Å². The lowest BCUT2D eigenvalue weighted by Gasteiger charge is -2.19. The number of nitrogens with zero attached hydrogens (tertiary/aromatic N) is 1. The molecule has 1 aromatic rings. The molecule has 0 aromatic heterocycles. The van der Waals surface area contributed by atoms with Crippen LogP contribution in [0.4, 0.5) is 18.9 Å². The van der Waals surface area contributed by atoms with Crippen molar-refractivity contribution >= 4 is 11.9 Å². The Labute approximate surface area is 213 Å². The molecule has 0 bridgehead atoms. The van der Waals surface area contributed by atoms with Crippen LogP contribution in [0.2, 0.25) is 0 Å². The summed E-state index contributed by atoms with van der Waals surface area (Å²) in [7, 11) is 0.